The fourth-order valence-corrected chi connectivity index (χ4v) is 4.06. The smallest absolute Gasteiger partial charge is 0.339 e. The average Bonchev–Trinajstić information content (AvgIpc) is 2.88. The fourth-order valence-electron chi connectivity index (χ4n) is 3.84. The van der Waals surface area contributed by atoms with Crippen molar-refractivity contribution in [3.63, 3.8) is 0 Å². The Morgan fingerprint density at radius 2 is 1.47 bits per heavy atom. The van der Waals surface area contributed by atoms with Crippen molar-refractivity contribution in [1.82, 2.24) is 4.98 Å². The lowest BCUT2D eigenvalue weighted by Crippen LogP contribution is -2.08. The van der Waals surface area contributed by atoms with E-state index in [0.717, 1.165) is 16.7 Å². The molecule has 3 nitrogen and oxygen atoms in total. The zero-order valence-corrected chi connectivity index (χ0v) is 18.8. The number of para-hydroxylation sites is 1. The number of hydrogen-bond donors (Lipinski definition) is 0. The Kier molecular flexibility index (Phi) is 6.07. The standard InChI is InChI=1S/C29H19ClFNO2/c30-25-10-6-11-26(31)24(25)18-34-29(33)23-17-28(32-27-12-5-4-9-22(23)27)21-15-13-20(14-16-21)19-7-2-1-3-8-19/h1-17H,18H2. The molecular weight excluding hydrogens is 449 g/mol. The van der Waals surface area contributed by atoms with Crippen LogP contribution in [0.25, 0.3) is 33.3 Å². The van der Waals surface area contributed by atoms with Crippen molar-refractivity contribution in [3.8, 4) is 22.4 Å². The lowest BCUT2D eigenvalue weighted by molar-refractivity contribution is 0.0471. The number of esters is 1. The van der Waals surface area contributed by atoms with E-state index in [9.17, 15) is 9.18 Å². The summed E-state index contributed by atoms with van der Waals surface area (Å²) in [6, 6.07) is 31.5. The molecule has 4 aromatic carbocycles. The molecule has 5 rings (SSSR count). The van der Waals surface area contributed by atoms with Gasteiger partial charge in [0.2, 0.25) is 0 Å². The third-order valence-electron chi connectivity index (χ3n) is 5.63. The molecular formula is C29H19ClFNO2. The number of carbonyl (C=O) groups is 1. The van der Waals surface area contributed by atoms with E-state index < -0.39 is 11.8 Å². The zero-order chi connectivity index (χ0) is 23.5. The summed E-state index contributed by atoms with van der Waals surface area (Å²) in [6.45, 7) is -0.262. The Labute approximate surface area is 201 Å². The van der Waals surface area contributed by atoms with Crippen LogP contribution in [0.2, 0.25) is 5.02 Å². The van der Waals surface area contributed by atoms with E-state index >= 15 is 0 Å². The highest BCUT2D eigenvalue weighted by Crippen LogP contribution is 2.28. The van der Waals surface area contributed by atoms with Gasteiger partial charge in [-0.25, -0.2) is 14.2 Å². The predicted molar refractivity (Wildman–Crippen MR) is 133 cm³/mol. The van der Waals surface area contributed by atoms with Gasteiger partial charge in [0.25, 0.3) is 0 Å². The second-order valence-electron chi connectivity index (χ2n) is 7.79. The Morgan fingerprint density at radius 3 is 2.24 bits per heavy atom. The normalized spacial score (nSPS) is 10.9. The van der Waals surface area contributed by atoms with Gasteiger partial charge < -0.3 is 4.74 Å². The maximum Gasteiger partial charge on any atom is 0.339 e. The number of fused-ring (bicyclic) bond motifs is 1. The van der Waals surface area contributed by atoms with Crippen molar-refractivity contribution in [2.75, 3.05) is 0 Å². The van der Waals surface area contributed by atoms with Gasteiger partial charge in [-0.2, -0.15) is 0 Å². The fraction of sp³-hybridized carbons (Fsp3) is 0.0345. The second kappa shape index (κ2) is 9.46. The molecule has 166 valence electrons. The average molecular weight is 468 g/mol. The number of ether oxygens (including phenoxy) is 1. The predicted octanol–water partition coefficient (Wildman–Crippen LogP) is 7.72. The molecule has 5 heteroatoms. The Hall–Kier alpha value is -4.02. The highest BCUT2D eigenvalue weighted by atomic mass is 35.5. The van der Waals surface area contributed by atoms with Crippen molar-refractivity contribution in [1.29, 1.82) is 0 Å². The molecule has 34 heavy (non-hydrogen) atoms. The van der Waals surface area contributed by atoms with E-state index in [1.807, 2.05) is 66.7 Å². The minimum absolute atomic E-state index is 0.146. The molecule has 5 aromatic rings. The number of pyridine rings is 1. The number of nitrogens with zero attached hydrogens (tertiary/aromatic N) is 1. The molecule has 1 heterocycles. The van der Waals surface area contributed by atoms with Crippen LogP contribution in [-0.4, -0.2) is 11.0 Å². The molecule has 0 fully saturated rings. The summed E-state index contributed by atoms with van der Waals surface area (Å²) in [7, 11) is 0. The number of hydrogen-bond acceptors (Lipinski definition) is 3. The summed E-state index contributed by atoms with van der Waals surface area (Å²) in [6.07, 6.45) is 0. The highest BCUT2D eigenvalue weighted by molar-refractivity contribution is 6.31. The van der Waals surface area contributed by atoms with E-state index in [-0.39, 0.29) is 17.2 Å². The van der Waals surface area contributed by atoms with Crippen molar-refractivity contribution >= 4 is 28.5 Å². The third kappa shape index (κ3) is 4.41. The van der Waals surface area contributed by atoms with Crippen molar-refractivity contribution in [2.24, 2.45) is 0 Å². The van der Waals surface area contributed by atoms with Gasteiger partial charge in [0, 0.05) is 16.5 Å². The summed E-state index contributed by atoms with van der Waals surface area (Å²) in [5.74, 6) is -1.08. The van der Waals surface area contributed by atoms with Gasteiger partial charge in [0.15, 0.2) is 0 Å². The topological polar surface area (TPSA) is 39.2 Å². The van der Waals surface area contributed by atoms with Crippen LogP contribution in [-0.2, 0) is 11.3 Å². The summed E-state index contributed by atoms with van der Waals surface area (Å²) < 4.78 is 19.6. The summed E-state index contributed by atoms with van der Waals surface area (Å²) in [4.78, 5) is 17.8. The van der Waals surface area contributed by atoms with Crippen LogP contribution >= 0.6 is 11.6 Å². The molecule has 0 atom stereocenters. The minimum Gasteiger partial charge on any atom is -0.457 e. The molecule has 0 radical (unpaired) electrons. The van der Waals surface area contributed by atoms with Crippen LogP contribution in [0.15, 0.2) is 103 Å². The van der Waals surface area contributed by atoms with Crippen LogP contribution < -0.4 is 0 Å². The molecule has 0 aliphatic carbocycles. The van der Waals surface area contributed by atoms with Crippen molar-refractivity contribution < 1.29 is 13.9 Å². The minimum atomic E-state index is -0.569. The summed E-state index contributed by atoms with van der Waals surface area (Å²) in [5, 5.41) is 0.878. The maximum atomic E-state index is 14.1. The number of benzene rings is 4. The largest absolute Gasteiger partial charge is 0.457 e. The van der Waals surface area contributed by atoms with Crippen LogP contribution in [0, 0.1) is 5.82 Å². The quantitative estimate of drug-likeness (QED) is 0.248. The van der Waals surface area contributed by atoms with Gasteiger partial charge in [-0.1, -0.05) is 90.5 Å². The van der Waals surface area contributed by atoms with Crippen molar-refractivity contribution in [2.45, 2.75) is 6.61 Å². The van der Waals surface area contributed by atoms with Gasteiger partial charge in [0.05, 0.1) is 21.8 Å². The van der Waals surface area contributed by atoms with E-state index in [0.29, 0.717) is 22.2 Å². The number of carbonyl (C=O) groups excluding carboxylic acids is 1. The third-order valence-corrected chi connectivity index (χ3v) is 5.99. The van der Waals surface area contributed by atoms with Gasteiger partial charge in [-0.3, -0.25) is 0 Å². The van der Waals surface area contributed by atoms with Crippen LogP contribution in [0.1, 0.15) is 15.9 Å². The van der Waals surface area contributed by atoms with Gasteiger partial charge in [0.1, 0.15) is 12.4 Å². The first-order chi connectivity index (χ1) is 16.6. The van der Waals surface area contributed by atoms with E-state index in [1.54, 1.807) is 12.1 Å². The Bertz CT molecular complexity index is 1460. The molecule has 0 bridgehead atoms. The summed E-state index contributed by atoms with van der Waals surface area (Å²) >= 11 is 6.08. The molecule has 0 N–H and O–H groups in total. The van der Waals surface area contributed by atoms with Gasteiger partial charge >= 0.3 is 5.97 Å². The second-order valence-corrected chi connectivity index (χ2v) is 8.20. The van der Waals surface area contributed by atoms with Crippen LogP contribution in [0.5, 0.6) is 0 Å². The molecule has 0 unspecified atom stereocenters. The van der Waals surface area contributed by atoms with Crippen LogP contribution in [0.4, 0.5) is 4.39 Å². The molecule has 1 aromatic heterocycles. The van der Waals surface area contributed by atoms with Crippen LogP contribution in [0.3, 0.4) is 0 Å². The molecule has 0 saturated carbocycles. The number of halogens is 2. The molecule has 0 amide bonds. The Balaban J connectivity index is 1.48. The maximum absolute atomic E-state index is 14.1. The van der Waals surface area contributed by atoms with Gasteiger partial charge in [-0.15, -0.1) is 0 Å². The first kappa shape index (κ1) is 21.8. The summed E-state index contributed by atoms with van der Waals surface area (Å²) in [5.41, 5.74) is 4.91. The zero-order valence-electron chi connectivity index (χ0n) is 18.0. The molecule has 0 spiro atoms. The molecule has 0 saturated heterocycles. The number of rotatable bonds is 5. The lowest BCUT2D eigenvalue weighted by atomic mass is 10.0. The monoisotopic (exact) mass is 467 g/mol. The first-order valence-electron chi connectivity index (χ1n) is 10.8. The van der Waals surface area contributed by atoms with E-state index in [2.05, 4.69) is 12.1 Å². The lowest BCUT2D eigenvalue weighted by Gasteiger charge is -2.11. The first-order valence-corrected chi connectivity index (χ1v) is 11.1. The SMILES string of the molecule is O=C(OCc1c(F)cccc1Cl)c1cc(-c2ccc(-c3ccccc3)cc2)nc2ccccc12. The van der Waals surface area contributed by atoms with E-state index in [1.165, 1.54) is 12.1 Å². The molecule has 0 aliphatic heterocycles. The highest BCUT2D eigenvalue weighted by Gasteiger charge is 2.17. The Morgan fingerprint density at radius 1 is 0.794 bits per heavy atom. The van der Waals surface area contributed by atoms with E-state index in [4.69, 9.17) is 21.3 Å². The van der Waals surface area contributed by atoms with Crippen molar-refractivity contribution in [3.05, 3.63) is 125 Å². The number of aromatic nitrogens is 1. The molecule has 0 aliphatic rings. The van der Waals surface area contributed by atoms with Gasteiger partial charge in [-0.05, 0) is 35.4 Å².